The number of fused-ring (bicyclic) bond motifs is 1. The molecule has 0 spiro atoms. The minimum absolute atomic E-state index is 0.110. The smallest absolute Gasteiger partial charge is 0.234 e. The lowest BCUT2D eigenvalue weighted by Gasteiger charge is -2.02. The van der Waals surface area contributed by atoms with Gasteiger partial charge in [-0.1, -0.05) is 41.9 Å². The number of hydrogen-bond donors (Lipinski definition) is 0. The summed E-state index contributed by atoms with van der Waals surface area (Å²) in [6, 6.07) is 11.8. The summed E-state index contributed by atoms with van der Waals surface area (Å²) in [4.78, 5) is 8.05. The Balaban J connectivity index is 2.11. The van der Waals surface area contributed by atoms with Crippen molar-refractivity contribution in [1.82, 2.24) is 19.7 Å². The van der Waals surface area contributed by atoms with E-state index in [0.717, 1.165) is 5.56 Å². The summed E-state index contributed by atoms with van der Waals surface area (Å²) in [5.74, 6) is 0.110. The molecule has 0 fully saturated rings. The third-order valence-corrected chi connectivity index (χ3v) is 3.00. The van der Waals surface area contributed by atoms with Crippen molar-refractivity contribution < 1.29 is 0 Å². The third kappa shape index (κ3) is 2.14. The summed E-state index contributed by atoms with van der Waals surface area (Å²) in [5.41, 5.74) is 1.65. The summed E-state index contributed by atoms with van der Waals surface area (Å²) >= 11 is 6.04. The van der Waals surface area contributed by atoms with Crippen LogP contribution in [0.4, 0.5) is 0 Å². The van der Waals surface area contributed by atoms with Crippen LogP contribution in [0.15, 0.2) is 36.5 Å². The number of benzene rings is 1. The van der Waals surface area contributed by atoms with E-state index in [1.165, 1.54) is 6.20 Å². The molecule has 0 bridgehead atoms. The molecule has 19 heavy (non-hydrogen) atoms. The molecule has 5 nitrogen and oxygen atoms in total. The van der Waals surface area contributed by atoms with Crippen molar-refractivity contribution in [3.8, 4) is 6.07 Å². The third-order valence-electron chi connectivity index (χ3n) is 2.72. The van der Waals surface area contributed by atoms with Crippen molar-refractivity contribution in [3.05, 3.63) is 53.1 Å². The van der Waals surface area contributed by atoms with Gasteiger partial charge in [0.25, 0.3) is 0 Å². The number of nitriles is 1. The normalized spacial score (nSPS) is 10.5. The molecule has 3 aromatic rings. The van der Waals surface area contributed by atoms with Crippen molar-refractivity contribution in [2.75, 3.05) is 0 Å². The Labute approximate surface area is 114 Å². The molecule has 1 aromatic carbocycles. The fourth-order valence-corrected chi connectivity index (χ4v) is 2.07. The van der Waals surface area contributed by atoms with Gasteiger partial charge in [0.1, 0.15) is 6.07 Å². The number of aromatic nitrogens is 4. The molecule has 0 unspecified atom stereocenters. The summed E-state index contributed by atoms with van der Waals surface area (Å²) in [5, 5.41) is 14.1. The van der Waals surface area contributed by atoms with Crippen LogP contribution in [0.5, 0.6) is 0 Å². The molecule has 2 aromatic heterocycles. The zero-order valence-electron chi connectivity index (χ0n) is 9.79. The Morgan fingerprint density at radius 1 is 1.26 bits per heavy atom. The second-order valence-electron chi connectivity index (χ2n) is 3.98. The lowest BCUT2D eigenvalue weighted by Crippen LogP contribution is -2.03. The second-order valence-corrected chi connectivity index (χ2v) is 4.33. The van der Waals surface area contributed by atoms with Crippen LogP contribution in [0.1, 0.15) is 11.4 Å². The maximum atomic E-state index is 8.85. The SMILES string of the molecule is N#Cc1ncc2c(Cl)nn(Cc3ccccc3)c2n1. The number of halogens is 1. The van der Waals surface area contributed by atoms with E-state index in [-0.39, 0.29) is 5.82 Å². The first-order valence-corrected chi connectivity index (χ1v) is 5.99. The zero-order chi connectivity index (χ0) is 13.2. The van der Waals surface area contributed by atoms with E-state index in [0.29, 0.717) is 22.7 Å². The van der Waals surface area contributed by atoms with Gasteiger partial charge in [0.15, 0.2) is 10.8 Å². The van der Waals surface area contributed by atoms with Gasteiger partial charge in [0.2, 0.25) is 5.82 Å². The Morgan fingerprint density at radius 2 is 2.05 bits per heavy atom. The first-order chi connectivity index (χ1) is 9.28. The van der Waals surface area contributed by atoms with E-state index >= 15 is 0 Å². The lowest BCUT2D eigenvalue weighted by atomic mass is 10.2. The average Bonchev–Trinajstić information content (AvgIpc) is 2.76. The highest BCUT2D eigenvalue weighted by atomic mass is 35.5. The predicted molar refractivity (Wildman–Crippen MR) is 70.6 cm³/mol. The minimum atomic E-state index is 0.110. The maximum absolute atomic E-state index is 8.85. The van der Waals surface area contributed by atoms with Gasteiger partial charge in [0.05, 0.1) is 11.9 Å². The molecule has 0 aliphatic carbocycles. The number of hydrogen-bond acceptors (Lipinski definition) is 4. The molecular formula is C13H8ClN5. The summed E-state index contributed by atoms with van der Waals surface area (Å²) in [7, 11) is 0. The molecule has 0 saturated carbocycles. The standard InChI is InChI=1S/C13H8ClN5/c14-12-10-7-16-11(6-15)17-13(10)19(18-12)8-9-4-2-1-3-5-9/h1-5,7H,8H2. The predicted octanol–water partition coefficient (Wildman–Crippen LogP) is 2.40. The monoisotopic (exact) mass is 269 g/mol. The maximum Gasteiger partial charge on any atom is 0.234 e. The first-order valence-electron chi connectivity index (χ1n) is 5.61. The summed E-state index contributed by atoms with van der Waals surface area (Å²) in [6.45, 7) is 0.548. The van der Waals surface area contributed by atoms with Crippen LogP contribution >= 0.6 is 11.6 Å². The Hall–Kier alpha value is -2.45. The molecule has 0 N–H and O–H groups in total. The second kappa shape index (κ2) is 4.67. The van der Waals surface area contributed by atoms with Crippen molar-refractivity contribution in [1.29, 1.82) is 5.26 Å². The van der Waals surface area contributed by atoms with Crippen LogP contribution in [0.2, 0.25) is 5.15 Å². The first kappa shape index (κ1) is 11.6. The topological polar surface area (TPSA) is 67.4 Å². The molecule has 0 aliphatic heterocycles. The lowest BCUT2D eigenvalue weighted by molar-refractivity contribution is 0.703. The minimum Gasteiger partial charge on any atom is -0.241 e. The van der Waals surface area contributed by atoms with Crippen molar-refractivity contribution in [3.63, 3.8) is 0 Å². The van der Waals surface area contributed by atoms with E-state index in [4.69, 9.17) is 16.9 Å². The highest BCUT2D eigenvalue weighted by Gasteiger charge is 2.12. The molecular weight excluding hydrogens is 262 g/mol. The van der Waals surface area contributed by atoms with E-state index in [2.05, 4.69) is 15.1 Å². The van der Waals surface area contributed by atoms with Gasteiger partial charge < -0.3 is 0 Å². The van der Waals surface area contributed by atoms with Gasteiger partial charge in [-0.15, -0.1) is 0 Å². The highest BCUT2D eigenvalue weighted by Crippen LogP contribution is 2.21. The Bertz CT molecular complexity index is 773. The van der Waals surface area contributed by atoms with Crippen molar-refractivity contribution in [2.24, 2.45) is 0 Å². The van der Waals surface area contributed by atoms with E-state index in [1.54, 1.807) is 4.68 Å². The molecule has 3 rings (SSSR count). The molecule has 2 heterocycles. The van der Waals surface area contributed by atoms with Gasteiger partial charge in [-0.3, -0.25) is 0 Å². The molecule has 0 radical (unpaired) electrons. The van der Waals surface area contributed by atoms with Crippen molar-refractivity contribution in [2.45, 2.75) is 6.54 Å². The average molecular weight is 270 g/mol. The number of rotatable bonds is 2. The van der Waals surface area contributed by atoms with E-state index in [1.807, 2.05) is 36.4 Å². The van der Waals surface area contributed by atoms with E-state index < -0.39 is 0 Å². The van der Waals surface area contributed by atoms with Gasteiger partial charge in [-0.2, -0.15) is 15.3 Å². The molecule has 6 heteroatoms. The fourth-order valence-electron chi connectivity index (χ4n) is 1.84. The fraction of sp³-hybridized carbons (Fsp3) is 0.0769. The molecule has 92 valence electrons. The van der Waals surface area contributed by atoms with Crippen molar-refractivity contribution >= 4 is 22.6 Å². The largest absolute Gasteiger partial charge is 0.241 e. The van der Waals surface area contributed by atoms with E-state index in [9.17, 15) is 0 Å². The van der Waals surface area contributed by atoms with Crippen LogP contribution in [0, 0.1) is 11.3 Å². The number of nitrogens with zero attached hydrogens (tertiary/aromatic N) is 5. The van der Waals surface area contributed by atoms with Gasteiger partial charge in [-0.25, -0.2) is 9.67 Å². The Morgan fingerprint density at radius 3 is 2.79 bits per heavy atom. The summed E-state index contributed by atoms with van der Waals surface area (Å²) < 4.78 is 1.68. The quantitative estimate of drug-likeness (QED) is 0.716. The zero-order valence-corrected chi connectivity index (χ0v) is 10.5. The highest BCUT2D eigenvalue weighted by molar-refractivity contribution is 6.34. The molecule has 0 saturated heterocycles. The van der Waals surface area contributed by atoms with Crippen LogP contribution in [-0.4, -0.2) is 19.7 Å². The van der Waals surface area contributed by atoms with Gasteiger partial charge in [0, 0.05) is 6.20 Å². The molecule has 0 atom stereocenters. The summed E-state index contributed by atoms with van der Waals surface area (Å²) in [6.07, 6.45) is 1.53. The molecule has 0 aliphatic rings. The molecule has 0 amide bonds. The van der Waals surface area contributed by atoms with Crippen LogP contribution in [0.3, 0.4) is 0 Å². The van der Waals surface area contributed by atoms with Gasteiger partial charge in [-0.05, 0) is 5.56 Å². The van der Waals surface area contributed by atoms with Crippen LogP contribution in [-0.2, 0) is 6.54 Å². The van der Waals surface area contributed by atoms with Gasteiger partial charge >= 0.3 is 0 Å². The Kier molecular flexibility index (Phi) is 2.86. The van der Waals surface area contributed by atoms with Crippen LogP contribution < -0.4 is 0 Å². The van der Waals surface area contributed by atoms with Crippen LogP contribution in [0.25, 0.3) is 11.0 Å².